The molecule has 11 heteroatoms. The second kappa shape index (κ2) is 31.3. The van der Waals surface area contributed by atoms with Gasteiger partial charge in [-0.15, -0.1) is 0 Å². The molecule has 3 atom stereocenters. The molecule has 266 valence electrons. The number of carbonyl (C=O) groups excluding carboxylic acids is 1. The number of carboxylic acid groups (broad SMARTS) is 1. The first-order valence-electron chi connectivity index (χ1n) is 17.7. The molecule has 0 saturated heterocycles. The molecule has 0 aromatic carbocycles. The Hall–Kier alpha value is -1.29. The highest BCUT2D eigenvalue weighted by Gasteiger charge is 2.27. The first kappa shape index (κ1) is 43.7. The molecular formula is C34H66NO9P. The van der Waals surface area contributed by atoms with Crippen LogP contribution in [-0.4, -0.2) is 60.5 Å². The molecule has 0 amide bonds. The summed E-state index contributed by atoms with van der Waals surface area (Å²) in [7, 11) is -4.60. The number of hydrogen-bond acceptors (Lipinski definition) is 8. The van der Waals surface area contributed by atoms with Gasteiger partial charge in [0, 0.05) is 13.0 Å². The molecule has 0 aliphatic rings. The maximum absolute atomic E-state index is 12.5. The van der Waals surface area contributed by atoms with E-state index < -0.39 is 45.1 Å². The molecule has 3 unspecified atom stereocenters. The molecule has 0 aliphatic heterocycles. The van der Waals surface area contributed by atoms with E-state index in [-0.39, 0.29) is 13.0 Å². The summed E-state index contributed by atoms with van der Waals surface area (Å²) in [6, 6.07) is -1.47. The van der Waals surface area contributed by atoms with Crippen molar-refractivity contribution in [3.63, 3.8) is 0 Å². The average Bonchev–Trinajstić information content (AvgIpc) is 3.01. The number of hydrogen-bond donors (Lipinski definition) is 3. The number of rotatable bonds is 34. The Morgan fingerprint density at radius 1 is 0.689 bits per heavy atom. The highest BCUT2D eigenvalue weighted by molar-refractivity contribution is 7.47. The highest BCUT2D eigenvalue weighted by atomic mass is 31.2. The number of allylic oxidation sites excluding steroid dienone is 2. The summed E-state index contributed by atoms with van der Waals surface area (Å²) in [5.74, 6) is -1.79. The van der Waals surface area contributed by atoms with Crippen molar-refractivity contribution in [1.29, 1.82) is 0 Å². The predicted octanol–water partition coefficient (Wildman–Crippen LogP) is 8.64. The highest BCUT2D eigenvalue weighted by Crippen LogP contribution is 2.43. The van der Waals surface area contributed by atoms with Gasteiger partial charge in [0.05, 0.1) is 19.8 Å². The van der Waals surface area contributed by atoms with E-state index in [1.54, 1.807) is 0 Å². The Bertz CT molecular complexity index is 781. The van der Waals surface area contributed by atoms with E-state index in [0.717, 1.165) is 51.4 Å². The van der Waals surface area contributed by atoms with Crippen LogP contribution in [0.25, 0.3) is 0 Å². The summed E-state index contributed by atoms with van der Waals surface area (Å²) >= 11 is 0. The monoisotopic (exact) mass is 663 g/mol. The van der Waals surface area contributed by atoms with Crippen LogP contribution < -0.4 is 5.73 Å². The molecule has 0 aliphatic carbocycles. The quantitative estimate of drug-likeness (QED) is 0.0264. The lowest BCUT2D eigenvalue weighted by Crippen LogP contribution is -2.34. The van der Waals surface area contributed by atoms with Crippen molar-refractivity contribution < 1.29 is 42.7 Å². The zero-order valence-corrected chi connectivity index (χ0v) is 29.4. The van der Waals surface area contributed by atoms with Gasteiger partial charge in [0.25, 0.3) is 0 Å². The van der Waals surface area contributed by atoms with Crippen LogP contribution in [0.4, 0.5) is 0 Å². The van der Waals surface area contributed by atoms with Gasteiger partial charge in [-0.25, -0.2) is 4.57 Å². The summed E-state index contributed by atoms with van der Waals surface area (Å²) in [6.07, 6.45) is 28.3. The van der Waals surface area contributed by atoms with Crippen LogP contribution in [0.1, 0.15) is 155 Å². The number of esters is 1. The molecule has 4 N–H and O–H groups in total. The molecule has 0 saturated carbocycles. The summed E-state index contributed by atoms with van der Waals surface area (Å²) < 4.78 is 33.1. The molecule has 0 aromatic heterocycles. The SMILES string of the molecule is CCCCCC/C=C\CCCCCCCC(=O)OC(COCCCCCCCCCCCC)COP(=O)(O)OCC(N)C(=O)O. The third-order valence-electron chi connectivity index (χ3n) is 7.54. The molecule has 0 rings (SSSR count). The number of carboxylic acids is 1. The largest absolute Gasteiger partial charge is 0.480 e. The number of ether oxygens (including phenoxy) is 2. The fraction of sp³-hybridized carbons (Fsp3) is 0.882. The Balaban J connectivity index is 4.35. The second-order valence-corrected chi connectivity index (χ2v) is 13.5. The molecule has 10 nitrogen and oxygen atoms in total. The molecule has 0 spiro atoms. The van der Waals surface area contributed by atoms with E-state index in [1.807, 2.05) is 0 Å². The Labute approximate surface area is 273 Å². The summed E-state index contributed by atoms with van der Waals surface area (Å²) in [4.78, 5) is 33.3. The first-order valence-corrected chi connectivity index (χ1v) is 19.2. The Morgan fingerprint density at radius 3 is 1.71 bits per heavy atom. The average molecular weight is 664 g/mol. The van der Waals surface area contributed by atoms with E-state index >= 15 is 0 Å². The van der Waals surface area contributed by atoms with Gasteiger partial charge in [0.15, 0.2) is 0 Å². The summed E-state index contributed by atoms with van der Waals surface area (Å²) in [5.41, 5.74) is 5.32. The molecule has 0 aromatic rings. The third kappa shape index (κ3) is 31.1. The van der Waals surface area contributed by atoms with Crippen LogP contribution in [-0.2, 0) is 32.7 Å². The van der Waals surface area contributed by atoms with Gasteiger partial charge in [-0.1, -0.05) is 122 Å². The van der Waals surface area contributed by atoms with E-state index in [9.17, 15) is 19.0 Å². The number of aliphatic carboxylic acids is 1. The van der Waals surface area contributed by atoms with Crippen LogP contribution in [0.5, 0.6) is 0 Å². The molecule has 45 heavy (non-hydrogen) atoms. The van der Waals surface area contributed by atoms with Gasteiger partial charge < -0.3 is 25.2 Å². The first-order chi connectivity index (χ1) is 21.7. The minimum atomic E-state index is -4.60. The Kier molecular flexibility index (Phi) is 30.4. The number of phosphoric ester groups is 1. The zero-order chi connectivity index (χ0) is 33.4. The van der Waals surface area contributed by atoms with E-state index in [1.165, 1.54) is 77.0 Å². The molecule has 0 bridgehead atoms. The van der Waals surface area contributed by atoms with Crippen LogP contribution in [0.15, 0.2) is 12.2 Å². The molecular weight excluding hydrogens is 597 g/mol. The van der Waals surface area contributed by atoms with Crippen molar-refractivity contribution >= 4 is 19.8 Å². The smallest absolute Gasteiger partial charge is 0.472 e. The van der Waals surface area contributed by atoms with Gasteiger partial charge in [-0.3, -0.25) is 18.6 Å². The fourth-order valence-corrected chi connectivity index (χ4v) is 5.49. The van der Waals surface area contributed by atoms with Gasteiger partial charge >= 0.3 is 19.8 Å². The van der Waals surface area contributed by atoms with Crippen molar-refractivity contribution in [2.24, 2.45) is 5.73 Å². The maximum Gasteiger partial charge on any atom is 0.472 e. The predicted molar refractivity (Wildman–Crippen MR) is 180 cm³/mol. The number of unbranched alkanes of at least 4 members (excludes halogenated alkanes) is 18. The van der Waals surface area contributed by atoms with E-state index in [2.05, 4.69) is 30.5 Å². The van der Waals surface area contributed by atoms with E-state index in [4.69, 9.17) is 24.8 Å². The number of nitrogens with two attached hydrogens (primary N) is 1. The Morgan fingerprint density at radius 2 is 1.16 bits per heavy atom. The van der Waals surface area contributed by atoms with Crippen molar-refractivity contribution in [2.75, 3.05) is 26.4 Å². The minimum Gasteiger partial charge on any atom is -0.480 e. The van der Waals surface area contributed by atoms with Gasteiger partial charge in [-0.2, -0.15) is 0 Å². The van der Waals surface area contributed by atoms with Crippen molar-refractivity contribution in [3.8, 4) is 0 Å². The van der Waals surface area contributed by atoms with Gasteiger partial charge in [-0.05, 0) is 38.5 Å². The van der Waals surface area contributed by atoms with Crippen LogP contribution in [0.3, 0.4) is 0 Å². The third-order valence-corrected chi connectivity index (χ3v) is 8.50. The topological polar surface area (TPSA) is 155 Å². The lowest BCUT2D eigenvalue weighted by Gasteiger charge is -2.20. The molecule has 0 fully saturated rings. The minimum absolute atomic E-state index is 0.0178. The lowest BCUT2D eigenvalue weighted by molar-refractivity contribution is -0.154. The normalized spacial score (nSPS) is 14.4. The van der Waals surface area contributed by atoms with Crippen LogP contribution in [0, 0.1) is 0 Å². The maximum atomic E-state index is 12.5. The number of phosphoric acid groups is 1. The molecule has 0 heterocycles. The van der Waals surface area contributed by atoms with Crippen molar-refractivity contribution in [1.82, 2.24) is 0 Å². The van der Waals surface area contributed by atoms with Crippen LogP contribution >= 0.6 is 7.82 Å². The van der Waals surface area contributed by atoms with Gasteiger partial charge in [0.1, 0.15) is 12.1 Å². The fourth-order valence-electron chi connectivity index (χ4n) is 4.71. The van der Waals surface area contributed by atoms with Crippen molar-refractivity contribution in [2.45, 2.75) is 167 Å². The van der Waals surface area contributed by atoms with Crippen molar-refractivity contribution in [3.05, 3.63) is 12.2 Å². The summed E-state index contributed by atoms with van der Waals surface area (Å²) in [6.45, 7) is 3.83. The second-order valence-electron chi connectivity index (χ2n) is 12.0. The zero-order valence-electron chi connectivity index (χ0n) is 28.5. The molecule has 0 radical (unpaired) electrons. The number of carbonyl (C=O) groups is 2. The van der Waals surface area contributed by atoms with Crippen LogP contribution in [0.2, 0.25) is 0 Å². The lowest BCUT2D eigenvalue weighted by atomic mass is 10.1. The van der Waals surface area contributed by atoms with E-state index in [0.29, 0.717) is 13.0 Å². The summed E-state index contributed by atoms with van der Waals surface area (Å²) in [5, 5.41) is 8.84. The standard InChI is InChI=1S/C34H66NO9P/c1-3-5-7-9-11-13-15-16-17-18-20-22-24-26-33(36)44-31(29-42-45(39,40)43-30-32(35)34(37)38)28-41-27-25-23-21-19-14-12-10-8-6-4-2/h13,15,31-32H,3-12,14,16-30,35H2,1-2H3,(H,37,38)(H,39,40)/b15-13-. The van der Waals surface area contributed by atoms with Gasteiger partial charge in [0.2, 0.25) is 0 Å².